The van der Waals surface area contributed by atoms with Gasteiger partial charge in [0.1, 0.15) is 0 Å². The monoisotopic (exact) mass is 293 g/mol. The fraction of sp³-hybridized carbons (Fsp3) is 0.824. The van der Waals surface area contributed by atoms with Crippen molar-refractivity contribution in [2.75, 3.05) is 6.61 Å². The van der Waals surface area contributed by atoms with Crippen LogP contribution in [0, 0.1) is 19.3 Å². The first-order valence-electron chi connectivity index (χ1n) is 8.24. The quantitative estimate of drug-likeness (QED) is 0.874. The van der Waals surface area contributed by atoms with Gasteiger partial charge in [0.2, 0.25) is 0 Å². The molecule has 1 aromatic heterocycles. The topological polar surface area (TPSA) is 39.1 Å². The summed E-state index contributed by atoms with van der Waals surface area (Å²) in [5, 5.41) is 8.43. The third-order valence-corrected chi connectivity index (χ3v) is 5.17. The number of ether oxygens (including phenoxy) is 1. The maximum atomic E-state index is 5.82. The number of hydrogen-bond donors (Lipinski definition) is 1. The Labute approximate surface area is 129 Å². The van der Waals surface area contributed by atoms with Crippen molar-refractivity contribution in [1.82, 2.24) is 15.1 Å². The zero-order chi connectivity index (χ0) is 15.8. The maximum absolute atomic E-state index is 5.82. The summed E-state index contributed by atoms with van der Waals surface area (Å²) in [5.41, 5.74) is 3.99. The highest BCUT2D eigenvalue weighted by Gasteiger charge is 2.49. The van der Waals surface area contributed by atoms with Crippen LogP contribution in [0.4, 0.5) is 0 Å². The largest absolute Gasteiger partial charge is 0.378 e. The Hall–Kier alpha value is -0.870. The number of hydrogen-bond acceptors (Lipinski definition) is 3. The molecule has 1 aromatic rings. The SMILES string of the molecule is CCOC1CC(NC(C)c2c(C)nn(CC)c2C)C1(C)C. The van der Waals surface area contributed by atoms with Gasteiger partial charge in [-0.3, -0.25) is 4.68 Å². The maximum Gasteiger partial charge on any atom is 0.0655 e. The first kappa shape index (κ1) is 16.5. The van der Waals surface area contributed by atoms with Gasteiger partial charge in [-0.25, -0.2) is 0 Å². The van der Waals surface area contributed by atoms with Crippen LogP contribution in [-0.2, 0) is 11.3 Å². The van der Waals surface area contributed by atoms with E-state index in [1.54, 1.807) is 0 Å². The minimum atomic E-state index is 0.201. The molecule has 0 bridgehead atoms. The predicted molar refractivity (Wildman–Crippen MR) is 86.5 cm³/mol. The van der Waals surface area contributed by atoms with E-state index in [1.807, 2.05) is 0 Å². The Balaban J connectivity index is 2.06. The molecule has 1 aliphatic carbocycles. The molecule has 120 valence electrons. The number of nitrogens with one attached hydrogen (secondary N) is 1. The molecule has 4 nitrogen and oxygen atoms in total. The summed E-state index contributed by atoms with van der Waals surface area (Å²) in [4.78, 5) is 0. The summed E-state index contributed by atoms with van der Waals surface area (Å²) >= 11 is 0. The van der Waals surface area contributed by atoms with E-state index in [-0.39, 0.29) is 5.41 Å². The van der Waals surface area contributed by atoms with Gasteiger partial charge in [0, 0.05) is 41.9 Å². The minimum absolute atomic E-state index is 0.201. The molecule has 1 N–H and O–H groups in total. The summed E-state index contributed by atoms with van der Waals surface area (Å²) < 4.78 is 7.92. The summed E-state index contributed by atoms with van der Waals surface area (Å²) in [6.07, 6.45) is 1.48. The predicted octanol–water partition coefficient (Wildman–Crippen LogP) is 3.37. The van der Waals surface area contributed by atoms with Gasteiger partial charge in [0.05, 0.1) is 11.8 Å². The van der Waals surface area contributed by atoms with E-state index in [0.29, 0.717) is 18.2 Å². The van der Waals surface area contributed by atoms with Crippen LogP contribution in [0.5, 0.6) is 0 Å². The van der Waals surface area contributed by atoms with E-state index >= 15 is 0 Å². The molecule has 3 atom stereocenters. The van der Waals surface area contributed by atoms with Crippen molar-refractivity contribution in [1.29, 1.82) is 0 Å². The summed E-state index contributed by atoms with van der Waals surface area (Å²) in [6, 6.07) is 0.838. The Morgan fingerprint density at radius 1 is 1.38 bits per heavy atom. The second-order valence-electron chi connectivity index (χ2n) is 6.84. The minimum Gasteiger partial charge on any atom is -0.378 e. The molecule has 0 amide bonds. The average molecular weight is 293 g/mol. The Morgan fingerprint density at radius 3 is 2.52 bits per heavy atom. The van der Waals surface area contributed by atoms with Gasteiger partial charge >= 0.3 is 0 Å². The molecule has 4 heteroatoms. The summed E-state index contributed by atoms with van der Waals surface area (Å²) in [5.74, 6) is 0. The lowest BCUT2D eigenvalue weighted by Gasteiger charge is -2.52. The molecule has 0 spiro atoms. The van der Waals surface area contributed by atoms with E-state index in [9.17, 15) is 0 Å². The molecular weight excluding hydrogens is 262 g/mol. The summed E-state index contributed by atoms with van der Waals surface area (Å²) in [6.45, 7) is 17.1. The van der Waals surface area contributed by atoms with Gasteiger partial charge < -0.3 is 10.1 Å². The van der Waals surface area contributed by atoms with E-state index in [1.165, 1.54) is 11.3 Å². The molecule has 3 unspecified atom stereocenters. The van der Waals surface area contributed by atoms with Crippen LogP contribution in [-0.4, -0.2) is 28.5 Å². The van der Waals surface area contributed by atoms with Crippen molar-refractivity contribution in [3.05, 3.63) is 17.0 Å². The van der Waals surface area contributed by atoms with Crippen molar-refractivity contribution in [2.24, 2.45) is 5.41 Å². The van der Waals surface area contributed by atoms with Gasteiger partial charge in [-0.2, -0.15) is 5.10 Å². The third-order valence-electron chi connectivity index (χ3n) is 5.17. The molecule has 0 radical (unpaired) electrons. The van der Waals surface area contributed by atoms with Crippen LogP contribution in [0.3, 0.4) is 0 Å². The molecule has 1 saturated carbocycles. The second kappa shape index (κ2) is 6.09. The molecule has 1 aliphatic rings. The van der Waals surface area contributed by atoms with Gasteiger partial charge in [-0.15, -0.1) is 0 Å². The van der Waals surface area contributed by atoms with Gasteiger partial charge in [-0.05, 0) is 41.0 Å². The molecule has 1 fully saturated rings. The van der Waals surface area contributed by atoms with Crippen LogP contribution in [0.25, 0.3) is 0 Å². The van der Waals surface area contributed by atoms with Crippen molar-refractivity contribution in [3.63, 3.8) is 0 Å². The lowest BCUT2D eigenvalue weighted by atomic mass is 9.64. The van der Waals surface area contributed by atoms with E-state index in [2.05, 4.69) is 63.6 Å². The molecule has 0 aromatic carbocycles. The first-order valence-corrected chi connectivity index (χ1v) is 8.24. The lowest BCUT2D eigenvalue weighted by molar-refractivity contribution is -0.116. The van der Waals surface area contributed by atoms with Gasteiger partial charge in [0.25, 0.3) is 0 Å². The van der Waals surface area contributed by atoms with Crippen molar-refractivity contribution >= 4 is 0 Å². The molecular formula is C17H31N3O. The molecule has 0 saturated heterocycles. The molecule has 2 rings (SSSR count). The number of aromatic nitrogens is 2. The smallest absolute Gasteiger partial charge is 0.0655 e. The fourth-order valence-corrected chi connectivity index (χ4v) is 3.68. The zero-order valence-electron chi connectivity index (χ0n) is 14.7. The van der Waals surface area contributed by atoms with Crippen molar-refractivity contribution < 1.29 is 4.74 Å². The first-order chi connectivity index (χ1) is 9.82. The fourth-order valence-electron chi connectivity index (χ4n) is 3.68. The van der Waals surface area contributed by atoms with Crippen LogP contribution < -0.4 is 5.32 Å². The third kappa shape index (κ3) is 2.88. The standard InChI is InChI=1S/C17H31N3O/c1-8-20-13(5)16(12(4)19-20)11(3)18-14-10-15(21-9-2)17(14,6)7/h11,14-15,18H,8-10H2,1-7H3. The van der Waals surface area contributed by atoms with Crippen LogP contribution in [0.2, 0.25) is 0 Å². The number of aryl methyl sites for hydroxylation is 2. The van der Waals surface area contributed by atoms with Crippen molar-refractivity contribution in [2.45, 2.75) is 79.6 Å². The van der Waals surface area contributed by atoms with Crippen LogP contribution in [0.1, 0.15) is 64.0 Å². The second-order valence-corrected chi connectivity index (χ2v) is 6.84. The number of rotatable bonds is 6. The number of nitrogens with zero attached hydrogens (tertiary/aromatic N) is 2. The Morgan fingerprint density at radius 2 is 2.05 bits per heavy atom. The van der Waals surface area contributed by atoms with E-state index < -0.39 is 0 Å². The van der Waals surface area contributed by atoms with Crippen LogP contribution >= 0.6 is 0 Å². The lowest BCUT2D eigenvalue weighted by Crippen LogP contribution is -2.61. The summed E-state index contributed by atoms with van der Waals surface area (Å²) in [7, 11) is 0. The Bertz CT molecular complexity index is 492. The highest BCUT2D eigenvalue weighted by atomic mass is 16.5. The zero-order valence-corrected chi connectivity index (χ0v) is 14.7. The van der Waals surface area contributed by atoms with Gasteiger partial charge in [-0.1, -0.05) is 13.8 Å². The molecule has 1 heterocycles. The highest BCUT2D eigenvalue weighted by molar-refractivity contribution is 5.28. The highest BCUT2D eigenvalue weighted by Crippen LogP contribution is 2.43. The normalized spacial score (nSPS) is 25.7. The Kier molecular flexibility index (Phi) is 4.79. The van der Waals surface area contributed by atoms with Crippen LogP contribution in [0.15, 0.2) is 0 Å². The average Bonchev–Trinajstić information content (AvgIpc) is 2.72. The van der Waals surface area contributed by atoms with Gasteiger partial charge in [0.15, 0.2) is 0 Å². The van der Waals surface area contributed by atoms with E-state index in [0.717, 1.165) is 25.3 Å². The van der Waals surface area contributed by atoms with Crippen molar-refractivity contribution in [3.8, 4) is 0 Å². The van der Waals surface area contributed by atoms with E-state index in [4.69, 9.17) is 4.74 Å². The molecule has 0 aliphatic heterocycles. The molecule has 21 heavy (non-hydrogen) atoms.